The summed E-state index contributed by atoms with van der Waals surface area (Å²) < 4.78 is 44.5. The quantitative estimate of drug-likeness (QED) is 0.582. The molecule has 1 aliphatic heterocycles. The molecule has 5 rings (SSSR count). The second kappa shape index (κ2) is 8.34. The van der Waals surface area contributed by atoms with Crippen LogP contribution in [-0.2, 0) is 31.5 Å². The molecular weight excluding hydrogens is 433 g/mol. The topological polar surface area (TPSA) is 82.2 Å². The zero-order chi connectivity index (χ0) is 23.2. The Morgan fingerprint density at radius 2 is 2.12 bits per heavy atom. The van der Waals surface area contributed by atoms with E-state index in [9.17, 15) is 18.0 Å². The lowest BCUT2D eigenvalue weighted by atomic mass is 9.82. The first-order valence-corrected chi connectivity index (χ1v) is 11.7. The molecule has 1 spiro atoms. The number of benzene rings is 1. The van der Waals surface area contributed by atoms with Gasteiger partial charge in [-0.2, -0.15) is 18.3 Å². The number of alkyl halides is 3. The molecule has 1 amide bonds. The molecule has 3 N–H and O–H groups in total. The summed E-state index contributed by atoms with van der Waals surface area (Å²) >= 11 is 0. The number of rotatable bonds is 8. The molecule has 2 aliphatic carbocycles. The fraction of sp³-hybridized carbons (Fsp3) is 0.583. The monoisotopic (exact) mass is 462 g/mol. The molecular formula is C24H29F3N4O2. The summed E-state index contributed by atoms with van der Waals surface area (Å²) in [6, 6.07) is 5.60. The van der Waals surface area contributed by atoms with Gasteiger partial charge in [0, 0.05) is 25.9 Å². The van der Waals surface area contributed by atoms with Crippen molar-refractivity contribution < 1.29 is 22.7 Å². The first-order chi connectivity index (χ1) is 15.8. The predicted octanol–water partition coefficient (Wildman–Crippen LogP) is 3.99. The Hall–Kier alpha value is -2.55. The zero-order valence-electron chi connectivity index (χ0n) is 18.5. The van der Waals surface area contributed by atoms with Gasteiger partial charge in [-0.15, -0.1) is 0 Å². The second-order valence-electron chi connectivity index (χ2n) is 9.53. The van der Waals surface area contributed by atoms with Crippen LogP contribution in [0.25, 0.3) is 0 Å². The average Bonchev–Trinajstić information content (AvgIpc) is 3.44. The van der Waals surface area contributed by atoms with Crippen molar-refractivity contribution in [3.8, 4) is 5.75 Å². The first kappa shape index (κ1) is 22.3. The minimum atomic E-state index is -4.17. The van der Waals surface area contributed by atoms with Crippen molar-refractivity contribution in [2.24, 2.45) is 11.7 Å². The van der Waals surface area contributed by atoms with E-state index in [-0.39, 0.29) is 25.5 Å². The third-order valence-corrected chi connectivity index (χ3v) is 7.11. The molecule has 1 aromatic carbocycles. The van der Waals surface area contributed by atoms with E-state index in [1.807, 2.05) is 16.8 Å². The number of aromatic nitrogens is 2. The number of nitrogens with zero attached hydrogens (tertiary/aromatic N) is 2. The summed E-state index contributed by atoms with van der Waals surface area (Å²) in [7, 11) is 0. The van der Waals surface area contributed by atoms with E-state index in [0.717, 1.165) is 54.2 Å². The van der Waals surface area contributed by atoms with Crippen LogP contribution in [0, 0.1) is 5.92 Å². The maximum atomic E-state index is 13.2. The predicted molar refractivity (Wildman–Crippen MR) is 116 cm³/mol. The fourth-order valence-electron chi connectivity index (χ4n) is 5.24. The lowest BCUT2D eigenvalue weighted by Crippen LogP contribution is -2.50. The molecule has 0 unspecified atom stereocenters. The molecule has 1 aromatic heterocycles. The van der Waals surface area contributed by atoms with Gasteiger partial charge in [0.2, 0.25) is 0 Å². The van der Waals surface area contributed by atoms with Gasteiger partial charge in [-0.05, 0) is 54.9 Å². The van der Waals surface area contributed by atoms with Gasteiger partial charge in [-0.25, -0.2) is 0 Å². The minimum absolute atomic E-state index is 0.0176. The van der Waals surface area contributed by atoms with Crippen LogP contribution in [-0.4, -0.2) is 28.5 Å². The summed E-state index contributed by atoms with van der Waals surface area (Å²) in [5.41, 5.74) is 9.80. The molecule has 1 atom stereocenters. The van der Waals surface area contributed by atoms with Crippen LogP contribution in [0.4, 0.5) is 13.2 Å². The lowest BCUT2D eigenvalue weighted by Gasteiger charge is -2.35. The maximum Gasteiger partial charge on any atom is 0.389 e. The third-order valence-electron chi connectivity index (χ3n) is 7.11. The van der Waals surface area contributed by atoms with Gasteiger partial charge in [0.05, 0.1) is 29.1 Å². The number of halogens is 3. The van der Waals surface area contributed by atoms with Crippen molar-refractivity contribution in [1.29, 1.82) is 0 Å². The number of nitrogens with one attached hydrogen (secondary N) is 1. The molecule has 0 bridgehead atoms. The molecule has 178 valence electrons. The van der Waals surface area contributed by atoms with Crippen LogP contribution in [0.3, 0.4) is 0 Å². The van der Waals surface area contributed by atoms with Gasteiger partial charge in [-0.3, -0.25) is 9.48 Å². The highest BCUT2D eigenvalue weighted by Crippen LogP contribution is 2.44. The molecule has 6 nitrogen and oxygen atoms in total. The van der Waals surface area contributed by atoms with Crippen molar-refractivity contribution in [3.63, 3.8) is 0 Å². The van der Waals surface area contributed by atoms with E-state index in [4.69, 9.17) is 15.6 Å². The Bertz CT molecular complexity index is 1060. The van der Waals surface area contributed by atoms with E-state index >= 15 is 0 Å². The van der Waals surface area contributed by atoms with Gasteiger partial charge in [0.1, 0.15) is 5.75 Å². The Balaban J connectivity index is 1.33. The van der Waals surface area contributed by atoms with Gasteiger partial charge >= 0.3 is 6.18 Å². The van der Waals surface area contributed by atoms with E-state index in [1.165, 1.54) is 12.8 Å². The largest absolute Gasteiger partial charge is 0.494 e. The van der Waals surface area contributed by atoms with Gasteiger partial charge in [-0.1, -0.05) is 18.9 Å². The number of amides is 1. The molecule has 2 heterocycles. The van der Waals surface area contributed by atoms with Crippen LogP contribution in [0.15, 0.2) is 18.2 Å². The van der Waals surface area contributed by atoms with Gasteiger partial charge < -0.3 is 15.8 Å². The van der Waals surface area contributed by atoms with Crippen LogP contribution >= 0.6 is 0 Å². The Labute approximate surface area is 190 Å². The van der Waals surface area contributed by atoms with Gasteiger partial charge in [0.15, 0.2) is 0 Å². The highest BCUT2D eigenvalue weighted by atomic mass is 19.4. The number of aryl methyl sites for hydroxylation is 2. The Morgan fingerprint density at radius 1 is 1.30 bits per heavy atom. The van der Waals surface area contributed by atoms with E-state index in [2.05, 4.69) is 5.32 Å². The van der Waals surface area contributed by atoms with Crippen molar-refractivity contribution in [1.82, 2.24) is 15.1 Å². The highest BCUT2D eigenvalue weighted by molar-refractivity contribution is 5.98. The van der Waals surface area contributed by atoms with E-state index < -0.39 is 18.1 Å². The zero-order valence-corrected chi connectivity index (χ0v) is 18.5. The van der Waals surface area contributed by atoms with Crippen LogP contribution in [0.5, 0.6) is 5.75 Å². The smallest absolute Gasteiger partial charge is 0.389 e. The lowest BCUT2D eigenvalue weighted by molar-refractivity contribution is -0.136. The maximum absolute atomic E-state index is 13.2. The summed E-state index contributed by atoms with van der Waals surface area (Å²) in [5.74, 6) is 1.20. The number of fused-ring (bicyclic) bond motifs is 3. The summed E-state index contributed by atoms with van der Waals surface area (Å²) in [6.07, 6.45) is 0.630. The molecule has 1 saturated carbocycles. The molecule has 1 fully saturated rings. The standard InChI is InChI=1S/C24H29F3N4O2/c25-24(26,27)8-1-11-33-17-4-5-18-16(12-17)6-9-23(18)13-19-21(22(32)29-23)20(14-28)31(30-19)10-7-15-2-3-15/h4-5,12,15H,1-3,6-11,13-14,28H2,(H,29,32)/t23-/m0/s1. The number of nitrogens with two attached hydrogens (primary N) is 1. The normalized spacial score (nSPS) is 21.8. The van der Waals surface area contributed by atoms with E-state index in [0.29, 0.717) is 17.7 Å². The molecule has 0 saturated heterocycles. The number of hydrogen-bond donors (Lipinski definition) is 2. The first-order valence-electron chi connectivity index (χ1n) is 11.7. The van der Waals surface area contributed by atoms with Crippen molar-refractivity contribution in [2.45, 2.75) is 76.2 Å². The van der Waals surface area contributed by atoms with Crippen molar-refractivity contribution >= 4 is 5.91 Å². The highest BCUT2D eigenvalue weighted by Gasteiger charge is 2.46. The fourth-order valence-corrected chi connectivity index (χ4v) is 5.24. The molecule has 33 heavy (non-hydrogen) atoms. The van der Waals surface area contributed by atoms with Crippen LogP contribution < -0.4 is 15.8 Å². The van der Waals surface area contributed by atoms with Crippen molar-refractivity contribution in [3.05, 3.63) is 46.3 Å². The number of hydrogen-bond acceptors (Lipinski definition) is 4. The summed E-state index contributed by atoms with van der Waals surface area (Å²) in [6.45, 7) is 1.08. The SMILES string of the molecule is NCc1c2c(nn1CCC1CC1)C[C@]1(CCc3cc(OCCCC(F)(F)F)ccc31)NC2=O. The van der Waals surface area contributed by atoms with Gasteiger partial charge in [0.25, 0.3) is 5.91 Å². The van der Waals surface area contributed by atoms with Crippen LogP contribution in [0.1, 0.15) is 71.4 Å². The average molecular weight is 463 g/mol. The van der Waals surface area contributed by atoms with Crippen LogP contribution in [0.2, 0.25) is 0 Å². The van der Waals surface area contributed by atoms with Crippen molar-refractivity contribution in [2.75, 3.05) is 6.61 Å². The number of ether oxygens (including phenoxy) is 1. The third kappa shape index (κ3) is 4.47. The molecule has 0 radical (unpaired) electrons. The molecule has 2 aromatic rings. The number of carbonyl (C=O) groups is 1. The molecule has 3 aliphatic rings. The molecule has 9 heteroatoms. The summed E-state index contributed by atoms with van der Waals surface area (Å²) in [4.78, 5) is 13.2. The number of carbonyl (C=O) groups excluding carboxylic acids is 1. The Kier molecular flexibility index (Phi) is 5.63. The Morgan fingerprint density at radius 3 is 2.85 bits per heavy atom. The summed E-state index contributed by atoms with van der Waals surface area (Å²) in [5, 5.41) is 8.05. The second-order valence-corrected chi connectivity index (χ2v) is 9.53. The van der Waals surface area contributed by atoms with E-state index in [1.54, 1.807) is 6.07 Å². The minimum Gasteiger partial charge on any atom is -0.494 e.